The van der Waals surface area contributed by atoms with Gasteiger partial charge in [0, 0.05) is 24.0 Å². The molecule has 1 aromatic carbocycles. The topological polar surface area (TPSA) is 37.4 Å². The van der Waals surface area contributed by atoms with Gasteiger partial charge < -0.3 is 0 Å². The van der Waals surface area contributed by atoms with Crippen LogP contribution >= 0.6 is 23.2 Å². The molecule has 1 unspecified atom stereocenters. The first-order valence-corrected chi connectivity index (χ1v) is 7.68. The van der Waals surface area contributed by atoms with Gasteiger partial charge in [-0.3, -0.25) is 0 Å². The Morgan fingerprint density at radius 2 is 2.06 bits per heavy atom. The molecule has 0 spiro atoms. The van der Waals surface area contributed by atoms with E-state index in [1.165, 1.54) is 4.31 Å². The Morgan fingerprint density at radius 1 is 1.41 bits per heavy atom. The number of sulfonamides is 1. The first-order chi connectivity index (χ1) is 7.88. The molecule has 0 aliphatic carbocycles. The second-order valence-corrected chi connectivity index (χ2v) is 6.71. The van der Waals surface area contributed by atoms with Gasteiger partial charge in [0.05, 0.1) is 5.75 Å². The van der Waals surface area contributed by atoms with Gasteiger partial charge in [0.2, 0.25) is 10.0 Å². The van der Waals surface area contributed by atoms with Crippen LogP contribution in [0.3, 0.4) is 0 Å². The Kier molecular flexibility index (Phi) is 5.25. The van der Waals surface area contributed by atoms with Crippen LogP contribution in [0, 0.1) is 0 Å². The van der Waals surface area contributed by atoms with E-state index in [1.54, 1.807) is 25.2 Å². The molecule has 0 radical (unpaired) electrons. The van der Waals surface area contributed by atoms with Crippen LogP contribution in [-0.2, 0) is 10.0 Å². The van der Waals surface area contributed by atoms with E-state index in [4.69, 9.17) is 23.2 Å². The second-order valence-electron chi connectivity index (χ2n) is 3.75. The van der Waals surface area contributed by atoms with Crippen molar-refractivity contribution in [1.29, 1.82) is 0 Å². The highest BCUT2D eigenvalue weighted by molar-refractivity contribution is 7.89. The molecule has 3 nitrogen and oxygen atoms in total. The summed E-state index contributed by atoms with van der Waals surface area (Å²) in [5, 5.41) is 0.595. The Labute approximate surface area is 112 Å². The Morgan fingerprint density at radius 3 is 2.59 bits per heavy atom. The van der Waals surface area contributed by atoms with Gasteiger partial charge in [0.25, 0.3) is 0 Å². The molecule has 0 aliphatic rings. The maximum Gasteiger partial charge on any atom is 0.215 e. The third-order valence-corrected chi connectivity index (χ3v) is 5.21. The van der Waals surface area contributed by atoms with Gasteiger partial charge >= 0.3 is 0 Å². The van der Waals surface area contributed by atoms with Gasteiger partial charge in [-0.25, -0.2) is 8.42 Å². The predicted octanol–water partition coefficient (Wildman–Crippen LogP) is 2.90. The molecule has 1 aromatic rings. The third kappa shape index (κ3) is 3.85. The van der Waals surface area contributed by atoms with E-state index in [-0.39, 0.29) is 17.7 Å². The zero-order chi connectivity index (χ0) is 13.1. The summed E-state index contributed by atoms with van der Waals surface area (Å²) in [6, 6.07) is 6.91. The summed E-state index contributed by atoms with van der Waals surface area (Å²) in [6.45, 7) is 1.82. The molecule has 96 valence electrons. The van der Waals surface area contributed by atoms with Crippen LogP contribution in [0.4, 0.5) is 0 Å². The van der Waals surface area contributed by atoms with E-state index in [0.29, 0.717) is 5.02 Å². The van der Waals surface area contributed by atoms with Gasteiger partial charge in [-0.05, 0) is 24.6 Å². The maximum atomic E-state index is 11.8. The number of benzene rings is 1. The SMILES string of the molecule is CC(c1cccc(Cl)c1)N(C)S(=O)(=O)CCCl. The van der Waals surface area contributed by atoms with E-state index in [0.717, 1.165) is 5.56 Å². The number of hydrogen-bond acceptors (Lipinski definition) is 2. The summed E-state index contributed by atoms with van der Waals surface area (Å²) in [5.74, 6) is 0.0326. The summed E-state index contributed by atoms with van der Waals surface area (Å²) >= 11 is 11.4. The van der Waals surface area contributed by atoms with Crippen molar-refractivity contribution in [2.75, 3.05) is 18.7 Å². The molecule has 0 saturated heterocycles. The Balaban J connectivity index is 2.94. The largest absolute Gasteiger partial charge is 0.215 e. The van der Waals surface area contributed by atoms with Crippen LogP contribution in [0.1, 0.15) is 18.5 Å². The summed E-state index contributed by atoms with van der Waals surface area (Å²) < 4.78 is 25.0. The fourth-order valence-electron chi connectivity index (χ4n) is 1.46. The van der Waals surface area contributed by atoms with Gasteiger partial charge in [-0.1, -0.05) is 23.7 Å². The first-order valence-electron chi connectivity index (χ1n) is 5.15. The monoisotopic (exact) mass is 295 g/mol. The van der Waals surface area contributed by atoms with E-state index >= 15 is 0 Å². The fraction of sp³-hybridized carbons (Fsp3) is 0.455. The number of rotatable bonds is 5. The smallest absolute Gasteiger partial charge is 0.212 e. The molecule has 0 bridgehead atoms. The van der Waals surface area contributed by atoms with Crippen molar-refractivity contribution in [2.45, 2.75) is 13.0 Å². The standard InChI is InChI=1S/C11H15Cl2NO2S/c1-9(10-4-3-5-11(13)8-10)14(2)17(15,16)7-6-12/h3-5,8-9H,6-7H2,1-2H3. The molecular weight excluding hydrogens is 281 g/mol. The summed E-state index contributed by atoms with van der Waals surface area (Å²) in [6.07, 6.45) is 0. The fourth-order valence-corrected chi connectivity index (χ4v) is 3.33. The van der Waals surface area contributed by atoms with Crippen LogP contribution in [-0.4, -0.2) is 31.4 Å². The van der Waals surface area contributed by atoms with Crippen molar-refractivity contribution in [1.82, 2.24) is 4.31 Å². The van der Waals surface area contributed by atoms with Crippen LogP contribution in [0.2, 0.25) is 5.02 Å². The molecule has 0 heterocycles. The van der Waals surface area contributed by atoms with Crippen molar-refractivity contribution < 1.29 is 8.42 Å². The normalized spacial score (nSPS) is 13.9. The lowest BCUT2D eigenvalue weighted by Crippen LogP contribution is -2.32. The minimum atomic E-state index is -3.31. The van der Waals surface area contributed by atoms with E-state index < -0.39 is 10.0 Å². The number of nitrogens with zero attached hydrogens (tertiary/aromatic N) is 1. The van der Waals surface area contributed by atoms with Crippen molar-refractivity contribution in [2.24, 2.45) is 0 Å². The number of hydrogen-bond donors (Lipinski definition) is 0. The molecule has 1 atom stereocenters. The lowest BCUT2D eigenvalue weighted by Gasteiger charge is -2.24. The summed E-state index contributed by atoms with van der Waals surface area (Å²) in [4.78, 5) is 0. The Hall–Kier alpha value is -0.290. The lowest BCUT2D eigenvalue weighted by molar-refractivity contribution is 0.399. The van der Waals surface area contributed by atoms with Crippen molar-refractivity contribution in [3.63, 3.8) is 0 Å². The maximum absolute atomic E-state index is 11.8. The highest BCUT2D eigenvalue weighted by Crippen LogP contribution is 2.24. The van der Waals surface area contributed by atoms with Crippen molar-refractivity contribution >= 4 is 33.2 Å². The zero-order valence-corrected chi connectivity index (χ0v) is 12.1. The summed E-state index contributed by atoms with van der Waals surface area (Å²) in [5.41, 5.74) is 0.859. The molecule has 1 rings (SSSR count). The molecule has 0 fully saturated rings. The molecule has 0 amide bonds. The van der Waals surface area contributed by atoms with Crippen LogP contribution in [0.5, 0.6) is 0 Å². The van der Waals surface area contributed by atoms with Crippen LogP contribution in [0.25, 0.3) is 0 Å². The van der Waals surface area contributed by atoms with Gasteiger partial charge in [0.15, 0.2) is 0 Å². The summed E-state index contributed by atoms with van der Waals surface area (Å²) in [7, 11) is -1.76. The van der Waals surface area contributed by atoms with E-state index in [9.17, 15) is 8.42 Å². The minimum Gasteiger partial charge on any atom is -0.212 e. The van der Waals surface area contributed by atoms with Gasteiger partial charge in [-0.2, -0.15) is 4.31 Å². The lowest BCUT2D eigenvalue weighted by atomic mass is 10.1. The minimum absolute atomic E-state index is 0.0596. The highest BCUT2D eigenvalue weighted by Gasteiger charge is 2.23. The molecule has 0 aromatic heterocycles. The zero-order valence-electron chi connectivity index (χ0n) is 9.73. The highest BCUT2D eigenvalue weighted by atomic mass is 35.5. The first kappa shape index (κ1) is 14.8. The average molecular weight is 296 g/mol. The average Bonchev–Trinajstić information content (AvgIpc) is 2.27. The quantitative estimate of drug-likeness (QED) is 0.783. The third-order valence-electron chi connectivity index (χ3n) is 2.65. The second kappa shape index (κ2) is 6.05. The van der Waals surface area contributed by atoms with Gasteiger partial charge in [0.1, 0.15) is 0 Å². The van der Waals surface area contributed by atoms with Crippen LogP contribution < -0.4 is 0 Å². The molecule has 0 aliphatic heterocycles. The molecular formula is C11H15Cl2NO2S. The number of halogens is 2. The van der Waals surface area contributed by atoms with E-state index in [2.05, 4.69) is 0 Å². The molecule has 6 heteroatoms. The predicted molar refractivity (Wildman–Crippen MR) is 72.1 cm³/mol. The molecule has 17 heavy (non-hydrogen) atoms. The van der Waals surface area contributed by atoms with Crippen LogP contribution in [0.15, 0.2) is 24.3 Å². The number of alkyl halides is 1. The van der Waals surface area contributed by atoms with E-state index in [1.807, 2.05) is 13.0 Å². The Bertz CT molecular complexity index is 476. The molecule has 0 N–H and O–H groups in total. The van der Waals surface area contributed by atoms with Crippen molar-refractivity contribution in [3.05, 3.63) is 34.9 Å². The van der Waals surface area contributed by atoms with Crippen molar-refractivity contribution in [3.8, 4) is 0 Å². The molecule has 0 saturated carbocycles. The van der Waals surface area contributed by atoms with Gasteiger partial charge in [-0.15, -0.1) is 11.6 Å².